The summed E-state index contributed by atoms with van der Waals surface area (Å²) in [4.78, 5) is 3.93. The summed E-state index contributed by atoms with van der Waals surface area (Å²) in [6, 6.07) is 9.05. The van der Waals surface area contributed by atoms with Crippen LogP contribution in [0, 0.1) is 0 Å². The molecule has 1 aliphatic heterocycles. The summed E-state index contributed by atoms with van der Waals surface area (Å²) in [5.74, 6) is 0. The van der Waals surface area contributed by atoms with E-state index in [1.165, 1.54) is 22.8 Å². The van der Waals surface area contributed by atoms with Gasteiger partial charge in [0.1, 0.15) is 4.90 Å². The molecule has 6 heteroatoms. The summed E-state index contributed by atoms with van der Waals surface area (Å²) in [5, 5.41) is 0.197. The van der Waals surface area contributed by atoms with Crippen LogP contribution < -0.4 is 4.31 Å². The number of hydrogen-bond donors (Lipinski definition) is 0. The smallest absolute Gasteiger partial charge is 0.266 e. The highest BCUT2D eigenvalue weighted by Gasteiger charge is 2.30. The van der Waals surface area contributed by atoms with Crippen LogP contribution in [0.4, 0.5) is 5.69 Å². The SMILES string of the molecule is O=S(=O)(c1cnccc1Cl)N1CCCc2ccccc21. The largest absolute Gasteiger partial charge is 0.267 e. The molecule has 0 atom stereocenters. The lowest BCUT2D eigenvalue weighted by molar-refractivity contribution is 0.586. The molecule has 20 heavy (non-hydrogen) atoms. The molecule has 1 aliphatic rings. The van der Waals surface area contributed by atoms with Crippen molar-refractivity contribution < 1.29 is 8.42 Å². The Morgan fingerprint density at radius 1 is 1.20 bits per heavy atom. The van der Waals surface area contributed by atoms with Gasteiger partial charge in [-0.1, -0.05) is 29.8 Å². The monoisotopic (exact) mass is 308 g/mol. The second-order valence-corrected chi connectivity index (χ2v) is 6.85. The van der Waals surface area contributed by atoms with Crippen molar-refractivity contribution in [2.45, 2.75) is 17.7 Å². The Morgan fingerprint density at radius 2 is 2.00 bits per heavy atom. The van der Waals surface area contributed by atoms with E-state index < -0.39 is 10.0 Å². The van der Waals surface area contributed by atoms with Gasteiger partial charge in [0.2, 0.25) is 0 Å². The average molecular weight is 309 g/mol. The standard InChI is InChI=1S/C14H13ClN2O2S/c15-12-7-8-16-10-14(12)20(18,19)17-9-3-5-11-4-1-2-6-13(11)17/h1-2,4,6-8,10H,3,5,9H2. The van der Waals surface area contributed by atoms with E-state index in [4.69, 9.17) is 11.6 Å². The van der Waals surface area contributed by atoms with Gasteiger partial charge in [-0.2, -0.15) is 0 Å². The zero-order valence-corrected chi connectivity index (χ0v) is 12.2. The van der Waals surface area contributed by atoms with Crippen LogP contribution in [0.25, 0.3) is 0 Å². The van der Waals surface area contributed by atoms with Crippen molar-refractivity contribution in [3.05, 3.63) is 53.3 Å². The van der Waals surface area contributed by atoms with Crippen molar-refractivity contribution >= 4 is 27.3 Å². The maximum atomic E-state index is 12.8. The van der Waals surface area contributed by atoms with E-state index in [9.17, 15) is 8.42 Å². The van der Waals surface area contributed by atoms with E-state index in [1.54, 1.807) is 0 Å². The van der Waals surface area contributed by atoms with Gasteiger partial charge in [-0.15, -0.1) is 0 Å². The average Bonchev–Trinajstić information content (AvgIpc) is 2.47. The van der Waals surface area contributed by atoms with Gasteiger partial charge in [0.15, 0.2) is 0 Å². The molecule has 0 amide bonds. The third-order valence-electron chi connectivity index (χ3n) is 3.37. The number of hydrogen-bond acceptors (Lipinski definition) is 3. The minimum absolute atomic E-state index is 0.0540. The number of rotatable bonds is 2. The van der Waals surface area contributed by atoms with E-state index in [-0.39, 0.29) is 9.92 Å². The Balaban J connectivity index is 2.13. The lowest BCUT2D eigenvalue weighted by atomic mass is 10.0. The number of aromatic nitrogens is 1. The van der Waals surface area contributed by atoms with Gasteiger partial charge in [0, 0.05) is 18.9 Å². The van der Waals surface area contributed by atoms with Crippen LogP contribution in [0.1, 0.15) is 12.0 Å². The molecular weight excluding hydrogens is 296 g/mol. The molecule has 2 heterocycles. The molecule has 0 radical (unpaired) electrons. The maximum absolute atomic E-state index is 12.8. The second-order valence-electron chi connectivity index (χ2n) is 4.62. The van der Waals surface area contributed by atoms with Gasteiger partial charge in [0.05, 0.1) is 10.7 Å². The number of halogens is 1. The molecule has 0 unspecified atom stereocenters. The van der Waals surface area contributed by atoms with Gasteiger partial charge in [-0.3, -0.25) is 9.29 Å². The van der Waals surface area contributed by atoms with Gasteiger partial charge >= 0.3 is 0 Å². The first kappa shape index (κ1) is 13.4. The number of sulfonamides is 1. The number of para-hydroxylation sites is 1. The van der Waals surface area contributed by atoms with E-state index in [2.05, 4.69) is 4.98 Å². The van der Waals surface area contributed by atoms with Crippen LogP contribution >= 0.6 is 11.6 Å². The van der Waals surface area contributed by atoms with E-state index in [0.29, 0.717) is 6.54 Å². The molecule has 4 nitrogen and oxygen atoms in total. The number of nitrogens with zero attached hydrogens (tertiary/aromatic N) is 2. The first-order valence-electron chi connectivity index (χ1n) is 6.31. The first-order chi connectivity index (χ1) is 9.60. The Hall–Kier alpha value is -1.59. The van der Waals surface area contributed by atoms with Crippen LogP contribution in [0.3, 0.4) is 0 Å². The summed E-state index contributed by atoms with van der Waals surface area (Å²) in [5.41, 5.74) is 1.78. The summed E-state index contributed by atoms with van der Waals surface area (Å²) < 4.78 is 27.0. The van der Waals surface area contributed by atoms with E-state index in [1.807, 2.05) is 24.3 Å². The molecule has 3 rings (SSSR count). The first-order valence-corrected chi connectivity index (χ1v) is 8.12. The van der Waals surface area contributed by atoms with Crippen LogP contribution in [0.5, 0.6) is 0 Å². The van der Waals surface area contributed by atoms with E-state index in [0.717, 1.165) is 24.1 Å². The van der Waals surface area contributed by atoms with Crippen LogP contribution in [0.2, 0.25) is 5.02 Å². The number of fused-ring (bicyclic) bond motifs is 1. The Bertz CT molecular complexity index is 746. The fraction of sp³-hybridized carbons (Fsp3) is 0.214. The second kappa shape index (κ2) is 5.07. The highest BCUT2D eigenvalue weighted by Crippen LogP contribution is 2.33. The van der Waals surface area contributed by atoms with Crippen LogP contribution in [0.15, 0.2) is 47.6 Å². The van der Waals surface area contributed by atoms with Gasteiger partial charge < -0.3 is 0 Å². The number of pyridine rings is 1. The third-order valence-corrected chi connectivity index (χ3v) is 5.65. The summed E-state index contributed by atoms with van der Waals surface area (Å²) >= 11 is 6.01. The van der Waals surface area contributed by atoms with Crippen molar-refractivity contribution in [3.63, 3.8) is 0 Å². The molecule has 0 fully saturated rings. The molecule has 0 bridgehead atoms. The number of anilines is 1. The molecule has 0 spiro atoms. The summed E-state index contributed by atoms with van der Waals surface area (Å²) in [7, 11) is -3.67. The summed E-state index contributed by atoms with van der Waals surface area (Å²) in [6.07, 6.45) is 4.47. The molecule has 0 saturated carbocycles. The minimum Gasteiger partial charge on any atom is -0.266 e. The van der Waals surface area contributed by atoms with Crippen molar-refractivity contribution in [1.82, 2.24) is 4.98 Å². The quantitative estimate of drug-likeness (QED) is 0.857. The molecule has 1 aromatic heterocycles. The maximum Gasteiger partial charge on any atom is 0.267 e. The van der Waals surface area contributed by atoms with Crippen molar-refractivity contribution in [2.24, 2.45) is 0 Å². The minimum atomic E-state index is -3.67. The Morgan fingerprint density at radius 3 is 2.80 bits per heavy atom. The van der Waals surface area contributed by atoms with Crippen LogP contribution in [-0.4, -0.2) is 19.9 Å². The fourth-order valence-electron chi connectivity index (χ4n) is 2.42. The number of benzene rings is 1. The predicted octanol–water partition coefficient (Wildman–Crippen LogP) is 2.88. The molecule has 104 valence electrons. The Kier molecular flexibility index (Phi) is 3.40. The zero-order valence-electron chi connectivity index (χ0n) is 10.7. The summed E-state index contributed by atoms with van der Waals surface area (Å²) in [6.45, 7) is 0.463. The lowest BCUT2D eigenvalue weighted by Gasteiger charge is -2.30. The van der Waals surface area contributed by atoms with Crippen molar-refractivity contribution in [1.29, 1.82) is 0 Å². The molecule has 0 saturated heterocycles. The van der Waals surface area contributed by atoms with Crippen molar-refractivity contribution in [2.75, 3.05) is 10.8 Å². The number of aryl methyl sites for hydroxylation is 1. The third kappa shape index (κ3) is 2.17. The zero-order chi connectivity index (χ0) is 14.2. The van der Waals surface area contributed by atoms with E-state index >= 15 is 0 Å². The normalized spacial score (nSPS) is 14.9. The van der Waals surface area contributed by atoms with Gasteiger partial charge in [-0.25, -0.2) is 8.42 Å². The Labute approximate surface area is 123 Å². The molecule has 0 N–H and O–H groups in total. The predicted molar refractivity (Wildman–Crippen MR) is 78.5 cm³/mol. The molecule has 0 aliphatic carbocycles. The van der Waals surface area contributed by atoms with Gasteiger partial charge in [-0.05, 0) is 30.5 Å². The fourth-order valence-corrected chi connectivity index (χ4v) is 4.37. The lowest BCUT2D eigenvalue weighted by Crippen LogP contribution is -2.35. The van der Waals surface area contributed by atoms with Crippen LogP contribution in [-0.2, 0) is 16.4 Å². The highest BCUT2D eigenvalue weighted by atomic mass is 35.5. The van der Waals surface area contributed by atoms with Gasteiger partial charge in [0.25, 0.3) is 10.0 Å². The molecule has 1 aromatic carbocycles. The molecular formula is C14H13ClN2O2S. The topological polar surface area (TPSA) is 50.3 Å². The highest BCUT2D eigenvalue weighted by molar-refractivity contribution is 7.93. The molecule has 2 aromatic rings. The van der Waals surface area contributed by atoms with Crippen molar-refractivity contribution in [3.8, 4) is 0 Å².